The first-order valence-electron chi connectivity index (χ1n) is 8.54. The van der Waals surface area contributed by atoms with Crippen molar-refractivity contribution in [2.24, 2.45) is 0 Å². The van der Waals surface area contributed by atoms with Crippen molar-refractivity contribution < 1.29 is 18.7 Å². The lowest BCUT2D eigenvalue weighted by Gasteiger charge is -2.11. The molecule has 0 unspecified atom stereocenters. The average Bonchev–Trinajstić information content (AvgIpc) is 3.03. The van der Waals surface area contributed by atoms with Crippen LogP contribution in [0.2, 0.25) is 0 Å². The van der Waals surface area contributed by atoms with E-state index in [0.29, 0.717) is 19.0 Å². The van der Waals surface area contributed by atoms with Crippen LogP contribution >= 0.6 is 15.9 Å². The van der Waals surface area contributed by atoms with Gasteiger partial charge in [0.05, 0.1) is 19.3 Å². The molecule has 0 fully saturated rings. The molecule has 0 bridgehead atoms. The fraction of sp³-hybridized carbons (Fsp3) is 0.286. The van der Waals surface area contributed by atoms with E-state index in [4.69, 9.17) is 13.9 Å². The van der Waals surface area contributed by atoms with E-state index >= 15 is 0 Å². The molecule has 0 saturated carbocycles. The van der Waals surface area contributed by atoms with Crippen molar-refractivity contribution in [1.82, 2.24) is 0 Å². The van der Waals surface area contributed by atoms with E-state index in [1.165, 1.54) is 5.56 Å². The standard InChI is InChI=1S/C21H21BrO4/c1-3-24-20(23)10-15-6-4-5-7-19(15)25-12-17-13-26-21-16(11-22)8-14(2)9-18(17)21/h4-9,13H,3,10-12H2,1-2H3. The van der Waals surface area contributed by atoms with Crippen LogP contribution in [0.1, 0.15) is 29.2 Å². The van der Waals surface area contributed by atoms with Crippen LogP contribution in [0.3, 0.4) is 0 Å². The Morgan fingerprint density at radius 2 is 1.96 bits per heavy atom. The third-order valence-electron chi connectivity index (χ3n) is 4.12. The number of para-hydroxylation sites is 1. The van der Waals surface area contributed by atoms with Gasteiger partial charge in [0.25, 0.3) is 0 Å². The molecule has 0 atom stereocenters. The Morgan fingerprint density at radius 1 is 1.15 bits per heavy atom. The maximum absolute atomic E-state index is 11.8. The van der Waals surface area contributed by atoms with Gasteiger partial charge in [-0.3, -0.25) is 4.79 Å². The summed E-state index contributed by atoms with van der Waals surface area (Å²) in [5, 5.41) is 1.80. The third kappa shape index (κ3) is 4.10. The second-order valence-corrected chi connectivity index (χ2v) is 6.63. The van der Waals surface area contributed by atoms with Crippen molar-refractivity contribution in [3.8, 4) is 5.75 Å². The number of hydrogen-bond donors (Lipinski definition) is 0. The summed E-state index contributed by atoms with van der Waals surface area (Å²) < 4.78 is 16.8. The number of aryl methyl sites for hydroxylation is 1. The number of ether oxygens (including phenoxy) is 2. The van der Waals surface area contributed by atoms with Crippen LogP contribution in [0.5, 0.6) is 5.75 Å². The number of halogens is 1. The fourth-order valence-corrected chi connectivity index (χ4v) is 3.36. The molecule has 0 saturated heterocycles. The van der Waals surface area contributed by atoms with Gasteiger partial charge < -0.3 is 13.9 Å². The van der Waals surface area contributed by atoms with Gasteiger partial charge in [0.15, 0.2) is 0 Å². The van der Waals surface area contributed by atoms with Gasteiger partial charge in [-0.1, -0.05) is 40.2 Å². The monoisotopic (exact) mass is 416 g/mol. The number of furan rings is 1. The summed E-state index contributed by atoms with van der Waals surface area (Å²) in [7, 11) is 0. The van der Waals surface area contributed by atoms with Gasteiger partial charge in [-0.25, -0.2) is 0 Å². The third-order valence-corrected chi connectivity index (χ3v) is 4.72. The van der Waals surface area contributed by atoms with Crippen molar-refractivity contribution in [1.29, 1.82) is 0 Å². The van der Waals surface area contributed by atoms with E-state index in [0.717, 1.165) is 33.0 Å². The summed E-state index contributed by atoms with van der Waals surface area (Å²) >= 11 is 3.51. The number of benzene rings is 2. The molecule has 136 valence electrons. The SMILES string of the molecule is CCOC(=O)Cc1ccccc1OCc1coc2c(CBr)cc(C)cc12. The number of rotatable bonds is 7. The highest BCUT2D eigenvalue weighted by molar-refractivity contribution is 9.08. The van der Waals surface area contributed by atoms with Gasteiger partial charge in [-0.2, -0.15) is 0 Å². The van der Waals surface area contributed by atoms with E-state index in [9.17, 15) is 4.79 Å². The molecule has 5 heteroatoms. The van der Waals surface area contributed by atoms with Crippen LogP contribution in [0.15, 0.2) is 47.1 Å². The second-order valence-electron chi connectivity index (χ2n) is 6.07. The van der Waals surface area contributed by atoms with Gasteiger partial charge >= 0.3 is 5.97 Å². The lowest BCUT2D eigenvalue weighted by atomic mass is 10.1. The Bertz CT molecular complexity index is 914. The summed E-state index contributed by atoms with van der Waals surface area (Å²) in [6.45, 7) is 4.61. The Morgan fingerprint density at radius 3 is 2.73 bits per heavy atom. The average molecular weight is 417 g/mol. The van der Waals surface area contributed by atoms with Gasteiger partial charge in [-0.05, 0) is 31.5 Å². The number of carbonyl (C=O) groups is 1. The van der Waals surface area contributed by atoms with E-state index < -0.39 is 0 Å². The van der Waals surface area contributed by atoms with Crippen molar-refractivity contribution >= 4 is 32.9 Å². The first-order chi connectivity index (χ1) is 12.6. The minimum atomic E-state index is -0.255. The van der Waals surface area contributed by atoms with Gasteiger partial charge in [0.1, 0.15) is 17.9 Å². The molecule has 3 aromatic rings. The summed E-state index contributed by atoms with van der Waals surface area (Å²) in [5.41, 5.74) is 4.98. The Balaban J connectivity index is 1.81. The molecule has 0 amide bonds. The van der Waals surface area contributed by atoms with Crippen molar-refractivity contribution in [2.45, 2.75) is 32.2 Å². The molecule has 0 aliphatic rings. The molecule has 1 heterocycles. The number of esters is 1. The molecular formula is C21H21BrO4. The molecule has 0 radical (unpaired) electrons. The van der Waals surface area contributed by atoms with E-state index in [1.807, 2.05) is 24.3 Å². The molecular weight excluding hydrogens is 396 g/mol. The van der Waals surface area contributed by atoms with E-state index in [1.54, 1.807) is 13.2 Å². The lowest BCUT2D eigenvalue weighted by molar-refractivity contribution is -0.142. The number of alkyl halides is 1. The summed E-state index contributed by atoms with van der Waals surface area (Å²) in [6, 6.07) is 11.7. The number of fused-ring (bicyclic) bond motifs is 1. The van der Waals surface area contributed by atoms with E-state index in [-0.39, 0.29) is 12.4 Å². The van der Waals surface area contributed by atoms with Crippen LogP contribution in [0.25, 0.3) is 11.0 Å². The fourth-order valence-electron chi connectivity index (χ4n) is 2.94. The largest absolute Gasteiger partial charge is 0.488 e. The predicted octanol–water partition coefficient (Wildman–Crippen LogP) is 5.32. The van der Waals surface area contributed by atoms with Crippen molar-refractivity contribution in [3.63, 3.8) is 0 Å². The van der Waals surface area contributed by atoms with Crippen LogP contribution < -0.4 is 4.74 Å². The molecule has 0 aliphatic heterocycles. The zero-order chi connectivity index (χ0) is 18.5. The molecule has 0 spiro atoms. The normalized spacial score (nSPS) is 10.9. The highest BCUT2D eigenvalue weighted by atomic mass is 79.9. The second kappa shape index (κ2) is 8.41. The summed E-state index contributed by atoms with van der Waals surface area (Å²) in [4.78, 5) is 11.8. The van der Waals surface area contributed by atoms with Crippen molar-refractivity contribution in [3.05, 3.63) is 64.9 Å². The highest BCUT2D eigenvalue weighted by Crippen LogP contribution is 2.29. The first kappa shape index (κ1) is 18.5. The molecule has 0 aliphatic carbocycles. The maximum Gasteiger partial charge on any atom is 0.310 e. The minimum Gasteiger partial charge on any atom is -0.488 e. The molecule has 0 N–H and O–H groups in total. The van der Waals surface area contributed by atoms with Crippen LogP contribution in [-0.2, 0) is 27.9 Å². The molecule has 26 heavy (non-hydrogen) atoms. The summed E-state index contributed by atoms with van der Waals surface area (Å²) in [5.74, 6) is 0.429. The highest BCUT2D eigenvalue weighted by Gasteiger charge is 2.13. The Kier molecular flexibility index (Phi) is 5.99. The molecule has 3 rings (SSSR count). The molecule has 4 nitrogen and oxygen atoms in total. The van der Waals surface area contributed by atoms with Crippen molar-refractivity contribution in [2.75, 3.05) is 6.61 Å². The number of hydrogen-bond acceptors (Lipinski definition) is 4. The predicted molar refractivity (Wildman–Crippen MR) is 105 cm³/mol. The van der Waals surface area contributed by atoms with Gasteiger partial charge in [0, 0.05) is 27.4 Å². The zero-order valence-corrected chi connectivity index (χ0v) is 16.5. The Labute approximate surface area is 161 Å². The van der Waals surface area contributed by atoms with Crippen LogP contribution in [0.4, 0.5) is 0 Å². The minimum absolute atomic E-state index is 0.197. The maximum atomic E-state index is 11.8. The smallest absolute Gasteiger partial charge is 0.310 e. The lowest BCUT2D eigenvalue weighted by Crippen LogP contribution is -2.09. The quantitative estimate of drug-likeness (QED) is 0.386. The zero-order valence-electron chi connectivity index (χ0n) is 14.9. The topological polar surface area (TPSA) is 48.7 Å². The first-order valence-corrected chi connectivity index (χ1v) is 9.66. The number of carbonyl (C=O) groups excluding carboxylic acids is 1. The van der Waals surface area contributed by atoms with E-state index in [2.05, 4.69) is 35.0 Å². The van der Waals surface area contributed by atoms with Gasteiger partial charge in [0.2, 0.25) is 0 Å². The molecule has 1 aromatic heterocycles. The van der Waals surface area contributed by atoms with Gasteiger partial charge in [-0.15, -0.1) is 0 Å². The summed E-state index contributed by atoms with van der Waals surface area (Å²) in [6.07, 6.45) is 1.94. The Hall–Kier alpha value is -2.27. The molecule has 2 aromatic carbocycles. The van der Waals surface area contributed by atoms with Crippen LogP contribution in [0, 0.1) is 6.92 Å². The van der Waals surface area contributed by atoms with Crippen LogP contribution in [-0.4, -0.2) is 12.6 Å².